The smallest absolute Gasteiger partial charge is 0.355 e. The quantitative estimate of drug-likeness (QED) is 0.200. The molecule has 0 radical (unpaired) electrons. The van der Waals surface area contributed by atoms with Crippen LogP contribution in [0.25, 0.3) is 21.7 Å². The predicted octanol–water partition coefficient (Wildman–Crippen LogP) is 6.35. The lowest BCUT2D eigenvalue weighted by atomic mass is 10.1. The number of benzene rings is 3. The summed E-state index contributed by atoms with van der Waals surface area (Å²) >= 11 is 3.64. The van der Waals surface area contributed by atoms with Crippen LogP contribution in [-0.2, 0) is 22.6 Å². The van der Waals surface area contributed by atoms with Gasteiger partial charge in [-0.2, -0.15) is 0 Å². The van der Waals surface area contributed by atoms with Gasteiger partial charge in [-0.1, -0.05) is 48.5 Å². The zero-order valence-electron chi connectivity index (χ0n) is 18.3. The molecule has 0 N–H and O–H groups in total. The summed E-state index contributed by atoms with van der Waals surface area (Å²) in [7, 11) is 1.62. The van der Waals surface area contributed by atoms with Crippen molar-refractivity contribution in [2.75, 3.05) is 20.3 Å². The molecule has 4 aromatic rings. The molecule has 0 saturated heterocycles. The summed E-state index contributed by atoms with van der Waals surface area (Å²) in [6.07, 6.45) is 1.44. The average Bonchev–Trinajstić information content (AvgIpc) is 3.12. The number of rotatable bonds is 9. The molecule has 0 aliphatic carbocycles. The summed E-state index contributed by atoms with van der Waals surface area (Å²) in [6.45, 7) is 2.94. The first kappa shape index (κ1) is 22.4. The van der Waals surface area contributed by atoms with Crippen molar-refractivity contribution in [2.24, 2.45) is 0 Å². The van der Waals surface area contributed by atoms with Crippen molar-refractivity contribution in [3.05, 3.63) is 76.4 Å². The van der Waals surface area contributed by atoms with Crippen LogP contribution >= 0.6 is 15.9 Å². The second-order valence-corrected chi connectivity index (χ2v) is 8.31. The highest BCUT2D eigenvalue weighted by atomic mass is 79.9. The molecule has 0 unspecified atom stereocenters. The van der Waals surface area contributed by atoms with Gasteiger partial charge < -0.3 is 18.8 Å². The highest BCUT2D eigenvalue weighted by molar-refractivity contribution is 9.10. The second kappa shape index (κ2) is 10.2. The number of carbonyl (C=O) groups is 1. The minimum Gasteiger partial charge on any atom is -0.493 e. The second-order valence-electron chi connectivity index (χ2n) is 7.46. The molecule has 0 saturated carbocycles. The zero-order chi connectivity index (χ0) is 22.5. The molecule has 0 aliphatic heterocycles. The Bertz CT molecular complexity index is 1240. The predicted molar refractivity (Wildman–Crippen MR) is 130 cm³/mol. The number of aryl methyl sites for hydroxylation is 1. The van der Waals surface area contributed by atoms with E-state index < -0.39 is 0 Å². The number of hydrogen-bond donors (Lipinski definition) is 0. The number of carbonyl (C=O) groups excluding carboxylic acids is 1. The first-order chi connectivity index (χ1) is 15.7. The molecule has 32 heavy (non-hydrogen) atoms. The van der Waals surface area contributed by atoms with Crippen LogP contribution in [0.15, 0.2) is 65.1 Å². The number of esters is 1. The molecule has 3 aromatic carbocycles. The number of para-hydroxylation sites is 1. The van der Waals surface area contributed by atoms with Crippen LogP contribution < -0.4 is 4.74 Å². The minimum absolute atomic E-state index is 0.264. The molecule has 0 bridgehead atoms. The summed E-state index contributed by atoms with van der Waals surface area (Å²) in [5.41, 5.74) is 2.43. The van der Waals surface area contributed by atoms with Gasteiger partial charge in [-0.25, -0.2) is 4.79 Å². The van der Waals surface area contributed by atoms with Gasteiger partial charge in [0.2, 0.25) is 0 Å². The molecular formula is C26H26BrNO4. The van der Waals surface area contributed by atoms with Gasteiger partial charge in [0.25, 0.3) is 0 Å². The average molecular weight is 496 g/mol. The molecule has 166 valence electrons. The Morgan fingerprint density at radius 1 is 1.00 bits per heavy atom. The van der Waals surface area contributed by atoms with E-state index >= 15 is 0 Å². The van der Waals surface area contributed by atoms with Crippen molar-refractivity contribution >= 4 is 43.6 Å². The van der Waals surface area contributed by atoms with Crippen LogP contribution in [-0.4, -0.2) is 30.9 Å². The molecule has 4 rings (SSSR count). The van der Waals surface area contributed by atoms with E-state index in [1.165, 1.54) is 0 Å². The maximum atomic E-state index is 12.9. The van der Waals surface area contributed by atoms with Crippen LogP contribution in [0.2, 0.25) is 0 Å². The third kappa shape index (κ3) is 4.38. The highest BCUT2D eigenvalue weighted by Crippen LogP contribution is 2.33. The molecule has 1 heterocycles. The van der Waals surface area contributed by atoms with E-state index in [1.807, 2.05) is 54.0 Å². The monoisotopic (exact) mass is 495 g/mol. The van der Waals surface area contributed by atoms with Gasteiger partial charge in [-0.3, -0.25) is 0 Å². The van der Waals surface area contributed by atoms with E-state index in [1.54, 1.807) is 7.11 Å². The highest BCUT2D eigenvalue weighted by Gasteiger charge is 2.24. The lowest BCUT2D eigenvalue weighted by Crippen LogP contribution is -2.15. The maximum Gasteiger partial charge on any atom is 0.355 e. The Kier molecular flexibility index (Phi) is 7.12. The number of nitrogens with zero attached hydrogens (tertiary/aromatic N) is 1. The van der Waals surface area contributed by atoms with Crippen LogP contribution in [0.4, 0.5) is 0 Å². The van der Waals surface area contributed by atoms with Crippen molar-refractivity contribution < 1.29 is 19.0 Å². The molecule has 5 nitrogen and oxygen atoms in total. The number of hydrogen-bond acceptors (Lipinski definition) is 4. The van der Waals surface area contributed by atoms with Gasteiger partial charge in [0.1, 0.15) is 18.2 Å². The topological polar surface area (TPSA) is 49.7 Å². The molecule has 1 aromatic heterocycles. The largest absolute Gasteiger partial charge is 0.493 e. The molecule has 6 heteroatoms. The first-order valence-corrected chi connectivity index (χ1v) is 11.5. The van der Waals surface area contributed by atoms with E-state index in [4.69, 9.17) is 14.2 Å². The lowest BCUT2D eigenvalue weighted by molar-refractivity contribution is 0.0494. The first-order valence-electron chi connectivity index (χ1n) is 10.7. The molecular weight excluding hydrogens is 470 g/mol. The molecule has 0 aliphatic rings. The summed E-state index contributed by atoms with van der Waals surface area (Å²) in [5, 5.41) is 3.27. The normalized spacial score (nSPS) is 11.2. The number of fused-ring (bicyclic) bond motifs is 2. The Hall–Kier alpha value is -2.83. The van der Waals surface area contributed by atoms with Crippen molar-refractivity contribution in [3.8, 4) is 5.75 Å². The molecule has 0 amide bonds. The number of aromatic nitrogens is 1. The third-order valence-corrected chi connectivity index (χ3v) is 6.08. The van der Waals surface area contributed by atoms with Gasteiger partial charge in [0, 0.05) is 22.4 Å². The Morgan fingerprint density at radius 2 is 1.75 bits per heavy atom. The van der Waals surface area contributed by atoms with E-state index in [-0.39, 0.29) is 12.7 Å². The standard InChI is InChI=1S/C26H26BrNO4/c1-3-31-26(29)25-21(20-12-7-14-22(27)24(20)28(25)17-30-2)13-8-16-32-23-15-6-10-18-9-4-5-11-19(18)23/h4-7,9-12,14-15H,3,8,13,16-17H2,1-2H3. The maximum absolute atomic E-state index is 12.9. The van der Waals surface area contributed by atoms with Crippen LogP contribution in [0.1, 0.15) is 29.4 Å². The van der Waals surface area contributed by atoms with E-state index in [0.29, 0.717) is 25.3 Å². The van der Waals surface area contributed by atoms with Gasteiger partial charge in [-0.05, 0) is 58.8 Å². The Balaban J connectivity index is 1.61. The van der Waals surface area contributed by atoms with E-state index in [2.05, 4.69) is 34.1 Å². The molecule has 0 atom stereocenters. The molecule has 0 fully saturated rings. The van der Waals surface area contributed by atoms with Gasteiger partial charge in [0.15, 0.2) is 0 Å². The van der Waals surface area contributed by atoms with Crippen molar-refractivity contribution in [3.63, 3.8) is 0 Å². The van der Waals surface area contributed by atoms with Gasteiger partial charge in [0.05, 0.1) is 18.7 Å². The van der Waals surface area contributed by atoms with E-state index in [0.717, 1.165) is 43.9 Å². The summed E-state index contributed by atoms with van der Waals surface area (Å²) in [5.74, 6) is 0.538. The fourth-order valence-electron chi connectivity index (χ4n) is 4.13. The number of halogens is 1. The van der Waals surface area contributed by atoms with Crippen molar-refractivity contribution in [2.45, 2.75) is 26.5 Å². The fraction of sp³-hybridized carbons (Fsp3) is 0.269. The van der Waals surface area contributed by atoms with Crippen LogP contribution in [0.3, 0.4) is 0 Å². The summed E-state index contributed by atoms with van der Waals surface area (Å²) in [4.78, 5) is 12.9. The number of ether oxygens (including phenoxy) is 3. The summed E-state index contributed by atoms with van der Waals surface area (Å²) < 4.78 is 19.7. The van der Waals surface area contributed by atoms with Crippen LogP contribution in [0, 0.1) is 0 Å². The SMILES string of the molecule is CCOC(=O)c1c(CCCOc2cccc3ccccc23)c2cccc(Br)c2n1COC. The zero-order valence-corrected chi connectivity index (χ0v) is 19.9. The lowest BCUT2D eigenvalue weighted by Gasteiger charge is -2.12. The minimum atomic E-state index is -0.336. The fourth-order valence-corrected chi connectivity index (χ4v) is 4.71. The Morgan fingerprint density at radius 3 is 2.56 bits per heavy atom. The number of methoxy groups -OCH3 is 1. The Labute approximate surface area is 196 Å². The summed E-state index contributed by atoms with van der Waals surface area (Å²) in [6, 6.07) is 20.3. The van der Waals surface area contributed by atoms with Crippen molar-refractivity contribution in [1.82, 2.24) is 4.57 Å². The van der Waals surface area contributed by atoms with Crippen molar-refractivity contribution in [1.29, 1.82) is 0 Å². The van der Waals surface area contributed by atoms with Crippen LogP contribution in [0.5, 0.6) is 5.75 Å². The van der Waals surface area contributed by atoms with E-state index in [9.17, 15) is 4.79 Å². The van der Waals surface area contributed by atoms with Gasteiger partial charge >= 0.3 is 5.97 Å². The molecule has 0 spiro atoms. The third-order valence-electron chi connectivity index (χ3n) is 5.44. The van der Waals surface area contributed by atoms with Gasteiger partial charge in [-0.15, -0.1) is 0 Å².